The Morgan fingerprint density at radius 1 is 1.32 bits per heavy atom. The quantitative estimate of drug-likeness (QED) is 0.523. The third kappa shape index (κ3) is 5.88. The van der Waals surface area contributed by atoms with Crippen LogP contribution >= 0.6 is 11.3 Å². The van der Waals surface area contributed by atoms with Crippen LogP contribution in [0.1, 0.15) is 64.2 Å². The molecule has 4 heteroatoms. The number of hydrogen-bond acceptors (Lipinski definition) is 2. The lowest BCUT2D eigenvalue weighted by molar-refractivity contribution is 0.531. The first-order valence-electron chi connectivity index (χ1n) is 7.17. The highest BCUT2D eigenvalue weighted by Crippen LogP contribution is 2.31. The number of hydrogen-bond donors (Lipinski definition) is 0. The Morgan fingerprint density at radius 2 is 2.00 bits per heavy atom. The van der Waals surface area contributed by atoms with Gasteiger partial charge in [0.05, 0.1) is 9.52 Å². The molecular weight excluding hydrogens is 273 g/mol. The van der Waals surface area contributed by atoms with E-state index in [2.05, 4.69) is 20.8 Å². The van der Waals surface area contributed by atoms with E-state index in [1.54, 1.807) is 0 Å². The fourth-order valence-electron chi connectivity index (χ4n) is 2.31. The zero-order valence-corrected chi connectivity index (χ0v) is 14.5. The van der Waals surface area contributed by atoms with E-state index in [0.717, 1.165) is 4.50 Å². The number of rotatable bonds is 8. The molecule has 0 spiro atoms. The van der Waals surface area contributed by atoms with Crippen molar-refractivity contribution in [3.8, 4) is 6.07 Å². The monoisotopic (exact) mass is 297 g/mol. The maximum absolute atomic E-state index is 13.7. The summed E-state index contributed by atoms with van der Waals surface area (Å²) in [5.41, 5.74) is 0. The van der Waals surface area contributed by atoms with Gasteiger partial charge < -0.3 is 0 Å². The summed E-state index contributed by atoms with van der Waals surface area (Å²) in [7, 11) is -0.648. The van der Waals surface area contributed by atoms with Crippen LogP contribution in [0.25, 0.3) is 0 Å². The van der Waals surface area contributed by atoms with Crippen molar-refractivity contribution >= 4 is 25.4 Å². The third-order valence-corrected chi connectivity index (χ3v) is 7.17. The van der Waals surface area contributed by atoms with Crippen LogP contribution < -0.4 is 4.50 Å². The van der Waals surface area contributed by atoms with E-state index in [1.807, 2.05) is 6.07 Å². The normalized spacial score (nSPS) is 12.2. The third-order valence-electron chi connectivity index (χ3n) is 3.46. The van der Waals surface area contributed by atoms with Gasteiger partial charge in [-0.15, -0.1) is 11.3 Å². The highest BCUT2D eigenvalue weighted by atomic mass is 32.1. The van der Waals surface area contributed by atoms with Crippen molar-refractivity contribution in [3.05, 3.63) is 16.8 Å². The van der Waals surface area contributed by atoms with Crippen LogP contribution in [0.2, 0.25) is 5.04 Å². The second kappa shape index (κ2) is 7.81. The number of nitrogens with zero attached hydrogens (tertiary/aromatic N) is 1. The van der Waals surface area contributed by atoms with Crippen LogP contribution in [-0.2, 0) is 0 Å². The molecule has 0 bridgehead atoms. The molecule has 1 aromatic rings. The number of thiophene rings is 1. The lowest BCUT2D eigenvalue weighted by atomic mass is 10.0. The minimum absolute atomic E-state index is 0.146. The van der Waals surface area contributed by atoms with Gasteiger partial charge in [-0.25, -0.2) is 4.39 Å². The molecule has 0 amide bonds. The van der Waals surface area contributed by atoms with Crippen molar-refractivity contribution in [2.45, 2.75) is 64.3 Å². The Labute approximate surface area is 122 Å². The summed E-state index contributed by atoms with van der Waals surface area (Å²) in [5, 5.41) is 9.06. The average Bonchev–Trinajstić information content (AvgIpc) is 2.69. The molecule has 106 valence electrons. The first kappa shape index (κ1) is 16.4. The molecule has 0 aromatic carbocycles. The van der Waals surface area contributed by atoms with Gasteiger partial charge in [-0.1, -0.05) is 59.3 Å². The molecule has 0 aliphatic heterocycles. The fourth-order valence-corrected chi connectivity index (χ4v) is 6.44. The van der Waals surface area contributed by atoms with Gasteiger partial charge in [0.2, 0.25) is 0 Å². The van der Waals surface area contributed by atoms with E-state index in [0.29, 0.717) is 4.88 Å². The summed E-state index contributed by atoms with van der Waals surface area (Å²) < 4.78 is 14.6. The van der Waals surface area contributed by atoms with E-state index < -0.39 is 9.52 Å². The van der Waals surface area contributed by atoms with E-state index >= 15 is 0 Å². The maximum Gasteiger partial charge on any atom is 0.133 e. The molecule has 0 fully saturated rings. The van der Waals surface area contributed by atoms with Gasteiger partial charge in [0.25, 0.3) is 0 Å². The van der Waals surface area contributed by atoms with Gasteiger partial charge in [-0.3, -0.25) is 0 Å². The summed E-state index contributed by atoms with van der Waals surface area (Å²) in [6.07, 6.45) is 7.64. The lowest BCUT2D eigenvalue weighted by Gasteiger charge is -2.23. The Bertz CT molecular complexity index is 434. The van der Waals surface area contributed by atoms with E-state index in [1.165, 1.54) is 55.9 Å². The second-order valence-electron chi connectivity index (χ2n) is 6.00. The summed E-state index contributed by atoms with van der Waals surface area (Å²) in [6, 6.07) is 3.43. The summed E-state index contributed by atoms with van der Waals surface area (Å²) >= 11 is 1.36. The molecule has 0 atom stereocenters. The molecule has 1 aromatic heterocycles. The fraction of sp³-hybridized carbons (Fsp3) is 0.667. The van der Waals surface area contributed by atoms with Crippen molar-refractivity contribution in [3.63, 3.8) is 0 Å². The zero-order valence-electron chi connectivity index (χ0n) is 12.3. The predicted octanol–water partition coefficient (Wildman–Crippen LogP) is 4.11. The molecule has 1 heterocycles. The molecule has 0 unspecified atom stereocenters. The number of unbranched alkanes of at least 4 members (excludes halogenated alkanes) is 4. The van der Waals surface area contributed by atoms with Crippen LogP contribution in [-0.4, -0.2) is 9.52 Å². The first-order valence-corrected chi connectivity index (χ1v) is 9.40. The summed E-state index contributed by atoms with van der Waals surface area (Å²) in [4.78, 5) is 0.513. The minimum atomic E-state index is -0.648. The topological polar surface area (TPSA) is 23.8 Å². The molecule has 1 nitrogen and oxygen atoms in total. The van der Waals surface area contributed by atoms with E-state index in [9.17, 15) is 4.39 Å². The molecule has 0 saturated carbocycles. The Kier molecular flexibility index (Phi) is 6.74. The number of nitriles is 1. The molecule has 0 N–H and O–H groups in total. The van der Waals surface area contributed by atoms with Crippen LogP contribution in [0.4, 0.5) is 4.39 Å². The molecule has 19 heavy (non-hydrogen) atoms. The van der Waals surface area contributed by atoms with Crippen molar-refractivity contribution < 1.29 is 4.39 Å². The molecule has 0 radical (unpaired) electrons. The zero-order chi connectivity index (χ0) is 14.3. The van der Waals surface area contributed by atoms with Gasteiger partial charge >= 0.3 is 0 Å². The van der Waals surface area contributed by atoms with Crippen molar-refractivity contribution in [2.24, 2.45) is 0 Å². The van der Waals surface area contributed by atoms with Gasteiger partial charge in [0.1, 0.15) is 16.8 Å². The standard InChI is InChI=1S/C15H24FNSSi/c1-4-5-6-7-8-9-15(2,3)19-14-13(16)10-12(11-17)18-14/h10H,4-9,19H2,1-3H3. The van der Waals surface area contributed by atoms with Crippen LogP contribution in [0, 0.1) is 17.1 Å². The van der Waals surface area contributed by atoms with E-state index in [-0.39, 0.29) is 10.9 Å². The molecule has 0 saturated heterocycles. The Balaban J connectivity index is 2.45. The van der Waals surface area contributed by atoms with Crippen molar-refractivity contribution in [2.75, 3.05) is 0 Å². The van der Waals surface area contributed by atoms with Crippen molar-refractivity contribution in [1.82, 2.24) is 0 Å². The average molecular weight is 298 g/mol. The van der Waals surface area contributed by atoms with Crippen LogP contribution in [0.15, 0.2) is 6.07 Å². The molecule has 1 rings (SSSR count). The molecule has 0 aliphatic rings. The van der Waals surface area contributed by atoms with Crippen LogP contribution in [0.5, 0.6) is 0 Å². The smallest absolute Gasteiger partial charge is 0.133 e. The minimum Gasteiger partial charge on any atom is -0.206 e. The van der Waals surface area contributed by atoms with Gasteiger partial charge in [-0.05, 0) is 5.04 Å². The van der Waals surface area contributed by atoms with Gasteiger partial charge in [0.15, 0.2) is 0 Å². The highest BCUT2D eigenvalue weighted by molar-refractivity contribution is 7.22. The SMILES string of the molecule is CCCCCCCC(C)(C)[SiH2]c1sc(C#N)cc1F. The lowest BCUT2D eigenvalue weighted by Crippen LogP contribution is -2.25. The largest absolute Gasteiger partial charge is 0.206 e. The molecular formula is C15H24FNSSi. The van der Waals surface area contributed by atoms with E-state index in [4.69, 9.17) is 5.26 Å². The summed E-state index contributed by atoms with van der Waals surface area (Å²) in [5.74, 6) is -0.146. The summed E-state index contributed by atoms with van der Waals surface area (Å²) in [6.45, 7) is 6.73. The molecule has 0 aliphatic carbocycles. The maximum atomic E-state index is 13.7. The highest BCUT2D eigenvalue weighted by Gasteiger charge is 2.22. The van der Waals surface area contributed by atoms with Gasteiger partial charge in [0, 0.05) is 10.6 Å². The number of halogens is 1. The predicted molar refractivity (Wildman–Crippen MR) is 84.6 cm³/mol. The van der Waals surface area contributed by atoms with Crippen molar-refractivity contribution in [1.29, 1.82) is 5.26 Å². The van der Waals surface area contributed by atoms with Crippen LogP contribution in [0.3, 0.4) is 0 Å². The second-order valence-corrected chi connectivity index (χ2v) is 10.6. The first-order chi connectivity index (χ1) is 8.98. The Morgan fingerprint density at radius 3 is 2.58 bits per heavy atom. The van der Waals surface area contributed by atoms with Gasteiger partial charge in [-0.2, -0.15) is 5.26 Å². The Hall–Kier alpha value is -0.663.